The molecule has 0 unspecified atom stereocenters. The van der Waals surface area contributed by atoms with Crippen molar-refractivity contribution in [2.45, 2.75) is 13.0 Å². The molecule has 17 heavy (non-hydrogen) atoms. The van der Waals surface area contributed by atoms with Gasteiger partial charge in [-0.3, -0.25) is 0 Å². The normalized spacial score (nSPS) is 10.1. The molecule has 0 aliphatic carbocycles. The van der Waals surface area contributed by atoms with E-state index in [0.717, 1.165) is 16.7 Å². The van der Waals surface area contributed by atoms with Crippen LogP contribution in [0, 0.1) is 4.91 Å². The van der Waals surface area contributed by atoms with E-state index >= 15 is 0 Å². The summed E-state index contributed by atoms with van der Waals surface area (Å²) in [4.78, 5) is 10.2. The van der Waals surface area contributed by atoms with Gasteiger partial charge in [-0.2, -0.15) is 4.91 Å². The fourth-order valence-corrected chi connectivity index (χ4v) is 1.77. The summed E-state index contributed by atoms with van der Waals surface area (Å²) in [5.74, 6) is 0.253. The predicted octanol–water partition coefficient (Wildman–Crippen LogP) is 3.25. The van der Waals surface area contributed by atoms with E-state index in [1.165, 1.54) is 0 Å². The molecule has 3 nitrogen and oxygen atoms in total. The summed E-state index contributed by atoms with van der Waals surface area (Å²) < 4.78 is 0. The molecule has 0 bridgehead atoms. The third-order valence-corrected chi connectivity index (χ3v) is 2.63. The summed E-state index contributed by atoms with van der Waals surface area (Å²) >= 11 is 0. The molecule has 2 aromatic rings. The van der Waals surface area contributed by atoms with Crippen molar-refractivity contribution in [1.29, 1.82) is 0 Å². The molecule has 0 spiro atoms. The maximum atomic E-state index is 10.2. The van der Waals surface area contributed by atoms with Gasteiger partial charge in [0.25, 0.3) is 0 Å². The van der Waals surface area contributed by atoms with Gasteiger partial charge in [-0.15, -0.1) is 0 Å². The van der Waals surface area contributed by atoms with Crippen molar-refractivity contribution in [3.05, 3.63) is 70.1 Å². The van der Waals surface area contributed by atoms with Gasteiger partial charge in [-0.25, -0.2) is 0 Å². The Bertz CT molecular complexity index is 509. The number of aromatic hydroxyl groups is 1. The highest BCUT2D eigenvalue weighted by Crippen LogP contribution is 2.22. The summed E-state index contributed by atoms with van der Waals surface area (Å²) in [6.07, 6.45) is 0.652. The molecular formula is C14H13NO2. The van der Waals surface area contributed by atoms with E-state index in [4.69, 9.17) is 0 Å². The lowest BCUT2D eigenvalue weighted by Crippen LogP contribution is -1.91. The zero-order valence-corrected chi connectivity index (χ0v) is 9.34. The van der Waals surface area contributed by atoms with Crippen LogP contribution >= 0.6 is 0 Å². The Labute approximate surface area is 99.7 Å². The molecule has 0 saturated carbocycles. The fourth-order valence-electron chi connectivity index (χ4n) is 1.77. The van der Waals surface area contributed by atoms with Crippen LogP contribution in [0.3, 0.4) is 0 Å². The Kier molecular flexibility index (Phi) is 3.50. The molecule has 3 heteroatoms. The van der Waals surface area contributed by atoms with Crippen LogP contribution in [-0.4, -0.2) is 5.11 Å². The lowest BCUT2D eigenvalue weighted by atomic mass is 10.0. The number of rotatable bonds is 4. The van der Waals surface area contributed by atoms with Gasteiger partial charge < -0.3 is 5.11 Å². The molecule has 0 radical (unpaired) electrons. The molecule has 2 aromatic carbocycles. The van der Waals surface area contributed by atoms with Crippen molar-refractivity contribution in [3.63, 3.8) is 0 Å². The van der Waals surface area contributed by atoms with E-state index in [2.05, 4.69) is 5.18 Å². The molecule has 0 heterocycles. The summed E-state index contributed by atoms with van der Waals surface area (Å²) in [6, 6.07) is 15.0. The first-order chi connectivity index (χ1) is 8.29. The molecule has 0 aliphatic rings. The van der Waals surface area contributed by atoms with Gasteiger partial charge in [0.2, 0.25) is 0 Å². The second-order valence-electron chi connectivity index (χ2n) is 3.91. The second-order valence-corrected chi connectivity index (χ2v) is 3.91. The van der Waals surface area contributed by atoms with Gasteiger partial charge in [0.05, 0.1) is 0 Å². The Morgan fingerprint density at radius 3 is 2.47 bits per heavy atom. The van der Waals surface area contributed by atoms with Crippen LogP contribution in [-0.2, 0) is 13.0 Å². The van der Waals surface area contributed by atoms with Crippen molar-refractivity contribution < 1.29 is 5.11 Å². The SMILES string of the molecule is O=NCc1ccc(O)c(Cc2ccccc2)c1. The molecule has 0 saturated heterocycles. The number of phenols is 1. The van der Waals surface area contributed by atoms with E-state index < -0.39 is 0 Å². The van der Waals surface area contributed by atoms with Crippen LogP contribution in [0.15, 0.2) is 53.7 Å². The number of phenolic OH excluding ortho intramolecular Hbond substituents is 1. The van der Waals surface area contributed by atoms with Crippen LogP contribution in [0.25, 0.3) is 0 Å². The summed E-state index contributed by atoms with van der Waals surface area (Å²) in [6.45, 7) is 0.141. The third kappa shape index (κ3) is 2.91. The van der Waals surface area contributed by atoms with Gasteiger partial charge in [-0.05, 0) is 28.8 Å². The highest BCUT2D eigenvalue weighted by atomic mass is 16.3. The van der Waals surface area contributed by atoms with Crippen LogP contribution in [0.5, 0.6) is 5.75 Å². The first kappa shape index (κ1) is 11.3. The van der Waals surface area contributed by atoms with E-state index in [-0.39, 0.29) is 12.3 Å². The topological polar surface area (TPSA) is 49.7 Å². The van der Waals surface area contributed by atoms with Gasteiger partial charge >= 0.3 is 0 Å². The van der Waals surface area contributed by atoms with Crippen molar-refractivity contribution >= 4 is 0 Å². The van der Waals surface area contributed by atoms with Crippen molar-refractivity contribution in [3.8, 4) is 5.75 Å². The monoisotopic (exact) mass is 227 g/mol. The van der Waals surface area contributed by atoms with Crippen LogP contribution in [0.2, 0.25) is 0 Å². The molecule has 1 N–H and O–H groups in total. The smallest absolute Gasteiger partial charge is 0.119 e. The summed E-state index contributed by atoms with van der Waals surface area (Å²) in [5.41, 5.74) is 2.76. The van der Waals surface area contributed by atoms with Crippen LogP contribution < -0.4 is 0 Å². The molecule has 0 amide bonds. The van der Waals surface area contributed by atoms with E-state index in [0.29, 0.717) is 6.42 Å². The third-order valence-electron chi connectivity index (χ3n) is 2.63. The Morgan fingerprint density at radius 2 is 1.76 bits per heavy atom. The van der Waals surface area contributed by atoms with Gasteiger partial charge in [0.15, 0.2) is 0 Å². The van der Waals surface area contributed by atoms with E-state index in [1.807, 2.05) is 36.4 Å². The number of nitrogens with zero attached hydrogens (tertiary/aromatic N) is 1. The maximum absolute atomic E-state index is 10.2. The Balaban J connectivity index is 2.25. The average Bonchev–Trinajstić information content (AvgIpc) is 2.35. The van der Waals surface area contributed by atoms with Crippen LogP contribution in [0.4, 0.5) is 0 Å². The summed E-state index contributed by atoms with van der Waals surface area (Å²) in [7, 11) is 0. The molecule has 0 aromatic heterocycles. The number of nitroso groups, excluding NO2 is 1. The van der Waals surface area contributed by atoms with Gasteiger partial charge in [-0.1, -0.05) is 41.6 Å². The highest BCUT2D eigenvalue weighted by Gasteiger charge is 2.04. The number of hydrogen-bond acceptors (Lipinski definition) is 3. The average molecular weight is 227 g/mol. The van der Waals surface area contributed by atoms with Crippen molar-refractivity contribution in [1.82, 2.24) is 0 Å². The highest BCUT2D eigenvalue weighted by molar-refractivity contribution is 5.39. The molecule has 0 atom stereocenters. The summed E-state index contributed by atoms with van der Waals surface area (Å²) in [5, 5.41) is 12.6. The first-order valence-electron chi connectivity index (χ1n) is 5.43. The number of benzene rings is 2. The quantitative estimate of drug-likeness (QED) is 0.815. The molecule has 0 fully saturated rings. The molecule has 86 valence electrons. The Hall–Kier alpha value is -2.16. The first-order valence-corrected chi connectivity index (χ1v) is 5.43. The molecule has 0 aliphatic heterocycles. The lowest BCUT2D eigenvalue weighted by molar-refractivity contribution is 0.469. The molecular weight excluding hydrogens is 214 g/mol. The van der Waals surface area contributed by atoms with Gasteiger partial charge in [0.1, 0.15) is 12.3 Å². The largest absolute Gasteiger partial charge is 0.508 e. The fraction of sp³-hybridized carbons (Fsp3) is 0.143. The van der Waals surface area contributed by atoms with E-state index in [9.17, 15) is 10.0 Å². The lowest BCUT2D eigenvalue weighted by Gasteiger charge is -2.06. The standard InChI is InChI=1S/C14H13NO2/c16-14-7-6-12(10-15-17)9-13(14)8-11-4-2-1-3-5-11/h1-7,9,16H,8,10H2. The maximum Gasteiger partial charge on any atom is 0.119 e. The predicted molar refractivity (Wildman–Crippen MR) is 66.9 cm³/mol. The zero-order valence-electron chi connectivity index (χ0n) is 9.34. The molecule has 2 rings (SSSR count). The van der Waals surface area contributed by atoms with Crippen LogP contribution in [0.1, 0.15) is 16.7 Å². The van der Waals surface area contributed by atoms with Crippen molar-refractivity contribution in [2.24, 2.45) is 5.18 Å². The minimum absolute atomic E-state index is 0.141. The van der Waals surface area contributed by atoms with E-state index in [1.54, 1.807) is 12.1 Å². The van der Waals surface area contributed by atoms with Gasteiger partial charge in [0, 0.05) is 6.42 Å². The number of hydrogen-bond donors (Lipinski definition) is 1. The minimum atomic E-state index is 0.141. The minimum Gasteiger partial charge on any atom is -0.508 e. The van der Waals surface area contributed by atoms with Crippen molar-refractivity contribution in [2.75, 3.05) is 0 Å². The second kappa shape index (κ2) is 5.25. The Morgan fingerprint density at radius 1 is 1.00 bits per heavy atom. The zero-order chi connectivity index (χ0) is 12.1.